The van der Waals surface area contributed by atoms with Crippen LogP contribution in [0.4, 0.5) is 0 Å². The molecule has 0 amide bonds. The van der Waals surface area contributed by atoms with Crippen LogP contribution in [0.1, 0.15) is 16.7 Å². The summed E-state index contributed by atoms with van der Waals surface area (Å²) in [6, 6.07) is 70.1. The Labute approximate surface area is 338 Å². The van der Waals surface area contributed by atoms with Crippen molar-refractivity contribution in [1.29, 1.82) is 5.41 Å². The van der Waals surface area contributed by atoms with Gasteiger partial charge in [-0.05, 0) is 63.7 Å². The first-order valence-corrected chi connectivity index (χ1v) is 19.3. The molecule has 2 aromatic heterocycles. The van der Waals surface area contributed by atoms with Gasteiger partial charge in [-0.1, -0.05) is 194 Å². The van der Waals surface area contributed by atoms with Gasteiger partial charge in [-0.3, -0.25) is 0 Å². The monoisotopic (exact) mass is 742 g/mol. The van der Waals surface area contributed by atoms with Crippen LogP contribution in [0.3, 0.4) is 0 Å². The van der Waals surface area contributed by atoms with Gasteiger partial charge in [0.15, 0.2) is 0 Å². The fourth-order valence-electron chi connectivity index (χ4n) is 7.09. The van der Waals surface area contributed by atoms with Gasteiger partial charge in [0.25, 0.3) is 0 Å². The molecule has 0 fully saturated rings. The molecule has 1 N–H and O–H groups in total. The average molecular weight is 743 g/mol. The average Bonchev–Trinajstić information content (AvgIpc) is 3.31. The van der Waals surface area contributed by atoms with E-state index in [-0.39, 0.29) is 0 Å². The smallest absolute Gasteiger partial charge is 0.0973 e. The fourth-order valence-corrected chi connectivity index (χ4v) is 7.09. The van der Waals surface area contributed by atoms with E-state index in [1.54, 1.807) is 0 Å². The molecule has 0 aliphatic carbocycles. The molecule has 0 saturated carbocycles. The predicted molar refractivity (Wildman–Crippen MR) is 241 cm³/mol. The lowest BCUT2D eigenvalue weighted by Crippen LogP contribution is -1.97. The van der Waals surface area contributed by atoms with Crippen LogP contribution in [0, 0.1) is 5.41 Å². The van der Waals surface area contributed by atoms with Crippen LogP contribution >= 0.6 is 0 Å². The van der Waals surface area contributed by atoms with E-state index in [0.717, 1.165) is 89.5 Å². The third-order valence-electron chi connectivity index (χ3n) is 10.2. The number of aromatic nitrogens is 3. The number of benzene rings is 7. The summed E-state index contributed by atoms with van der Waals surface area (Å²) in [4.78, 5) is 15.5. The Hall–Kier alpha value is -7.82. The van der Waals surface area contributed by atoms with Crippen molar-refractivity contribution in [3.05, 3.63) is 235 Å². The highest BCUT2D eigenvalue weighted by Gasteiger charge is 2.15. The number of nitrogens with one attached hydrogen (secondary N) is 1. The Balaban J connectivity index is 1.09. The van der Waals surface area contributed by atoms with Gasteiger partial charge in [-0.15, -0.1) is 0 Å². The van der Waals surface area contributed by atoms with E-state index in [4.69, 9.17) is 20.4 Å². The van der Waals surface area contributed by atoms with Crippen LogP contribution in [-0.2, 0) is 0 Å². The van der Waals surface area contributed by atoms with Gasteiger partial charge >= 0.3 is 0 Å². The van der Waals surface area contributed by atoms with Crippen LogP contribution in [0.2, 0.25) is 0 Å². The van der Waals surface area contributed by atoms with E-state index >= 15 is 0 Å². The molecule has 0 atom stereocenters. The first-order chi connectivity index (χ1) is 28.6. The number of hydrogen-bond acceptors (Lipinski definition) is 4. The van der Waals surface area contributed by atoms with Crippen molar-refractivity contribution >= 4 is 28.4 Å². The van der Waals surface area contributed by atoms with E-state index in [0.29, 0.717) is 5.71 Å². The zero-order valence-corrected chi connectivity index (χ0v) is 31.7. The molecule has 0 aliphatic heterocycles. The topological polar surface area (TPSA) is 62.5 Å². The number of pyridine rings is 1. The number of nitrogens with zero attached hydrogens (tertiary/aromatic N) is 3. The summed E-state index contributed by atoms with van der Waals surface area (Å²) in [5.41, 5.74) is 15.8. The number of hydrogen-bond donors (Lipinski definition) is 1. The summed E-state index contributed by atoms with van der Waals surface area (Å²) >= 11 is 0. The molecule has 0 saturated heterocycles. The summed E-state index contributed by atoms with van der Waals surface area (Å²) in [7, 11) is 0. The van der Waals surface area contributed by atoms with Crippen molar-refractivity contribution < 1.29 is 0 Å². The van der Waals surface area contributed by atoms with Crippen molar-refractivity contribution in [1.82, 2.24) is 15.0 Å². The van der Waals surface area contributed by atoms with E-state index in [1.807, 2.05) is 115 Å². The molecule has 4 heteroatoms. The highest BCUT2D eigenvalue weighted by atomic mass is 14.8. The molecule has 7 aromatic carbocycles. The summed E-state index contributed by atoms with van der Waals surface area (Å²) in [6.07, 6.45) is 6.10. The molecule has 0 unspecified atom stereocenters. The summed E-state index contributed by atoms with van der Waals surface area (Å²) in [5.74, 6) is 0. The number of allylic oxidation sites excluding steroid dienone is 3. The molecule has 4 nitrogen and oxygen atoms in total. The van der Waals surface area contributed by atoms with Gasteiger partial charge < -0.3 is 5.41 Å². The number of para-hydroxylation sites is 2. The predicted octanol–water partition coefficient (Wildman–Crippen LogP) is 13.5. The largest absolute Gasteiger partial charge is 0.300 e. The Kier molecular flexibility index (Phi) is 10.2. The SMILES string of the molecule is N=C(C=C(C=Cc1ccccc1)c1ccc(-c2nc3ccccc3nc2-c2ccc(-c3cc(-c4ccccc4)nc(-c4ccccc4)c3)cc2)cc1)c1ccccc1. The summed E-state index contributed by atoms with van der Waals surface area (Å²) in [6.45, 7) is 0. The Morgan fingerprint density at radius 3 is 1.36 bits per heavy atom. The molecular formula is C54H38N4. The Morgan fingerprint density at radius 2 is 0.828 bits per heavy atom. The second kappa shape index (κ2) is 16.5. The lowest BCUT2D eigenvalue weighted by molar-refractivity contribution is 1.29. The lowest BCUT2D eigenvalue weighted by Gasteiger charge is -2.13. The molecule has 274 valence electrons. The third kappa shape index (κ3) is 7.95. The van der Waals surface area contributed by atoms with Gasteiger partial charge in [-0.2, -0.15) is 0 Å². The molecule has 2 heterocycles. The van der Waals surface area contributed by atoms with Crippen molar-refractivity contribution in [3.8, 4) is 56.2 Å². The zero-order chi connectivity index (χ0) is 39.1. The fraction of sp³-hybridized carbons (Fsp3) is 0. The van der Waals surface area contributed by atoms with Gasteiger partial charge in [-0.25, -0.2) is 15.0 Å². The molecule has 0 bridgehead atoms. The van der Waals surface area contributed by atoms with Crippen molar-refractivity contribution in [2.75, 3.05) is 0 Å². The molecule has 58 heavy (non-hydrogen) atoms. The maximum atomic E-state index is 8.91. The van der Waals surface area contributed by atoms with Crippen LogP contribution < -0.4 is 0 Å². The second-order valence-electron chi connectivity index (χ2n) is 14.0. The highest BCUT2D eigenvalue weighted by molar-refractivity contribution is 6.11. The third-order valence-corrected chi connectivity index (χ3v) is 10.2. The van der Waals surface area contributed by atoms with E-state index < -0.39 is 0 Å². The van der Waals surface area contributed by atoms with Crippen LogP contribution in [0.15, 0.2) is 218 Å². The molecule has 9 aromatic rings. The molecule has 0 aliphatic rings. The molecule has 0 radical (unpaired) electrons. The molecule has 9 rings (SSSR count). The highest BCUT2D eigenvalue weighted by Crippen LogP contribution is 2.35. The normalized spacial score (nSPS) is 11.6. The van der Waals surface area contributed by atoms with Gasteiger partial charge in [0, 0.05) is 22.3 Å². The molecular weight excluding hydrogens is 705 g/mol. The first-order valence-electron chi connectivity index (χ1n) is 19.3. The number of fused-ring (bicyclic) bond motifs is 1. The van der Waals surface area contributed by atoms with Crippen LogP contribution in [0.25, 0.3) is 78.8 Å². The standard InChI is InChI=1S/C54H38N4/c55-48(41-17-7-2-8-18-41)35-46(26-25-38-15-5-1-6-16-38)39-27-31-44(32-28-39)53-54(58-50-24-14-13-23-49(50)57-53)45-33-29-40(30-34-45)47-36-51(42-19-9-3-10-20-42)56-52(37-47)43-21-11-4-12-22-43/h1-37,55H. The van der Waals surface area contributed by atoms with Crippen LogP contribution in [0.5, 0.6) is 0 Å². The van der Waals surface area contributed by atoms with E-state index in [2.05, 4.69) is 109 Å². The van der Waals surface area contributed by atoms with E-state index in [1.165, 1.54) is 0 Å². The minimum atomic E-state index is 0.447. The summed E-state index contributed by atoms with van der Waals surface area (Å²) < 4.78 is 0. The first kappa shape index (κ1) is 35.9. The Bertz CT molecular complexity index is 2840. The zero-order valence-electron chi connectivity index (χ0n) is 31.7. The minimum Gasteiger partial charge on any atom is -0.300 e. The van der Waals surface area contributed by atoms with Crippen molar-refractivity contribution in [3.63, 3.8) is 0 Å². The molecule has 0 spiro atoms. The summed E-state index contributed by atoms with van der Waals surface area (Å²) in [5, 5.41) is 8.91. The lowest BCUT2D eigenvalue weighted by atomic mass is 9.96. The minimum absolute atomic E-state index is 0.447. The van der Waals surface area contributed by atoms with Gasteiger partial charge in [0.1, 0.15) is 0 Å². The second-order valence-corrected chi connectivity index (χ2v) is 14.0. The van der Waals surface area contributed by atoms with E-state index in [9.17, 15) is 0 Å². The van der Waals surface area contributed by atoms with Crippen molar-refractivity contribution in [2.45, 2.75) is 0 Å². The number of rotatable bonds is 10. The van der Waals surface area contributed by atoms with Crippen LogP contribution in [-0.4, -0.2) is 20.7 Å². The van der Waals surface area contributed by atoms with Gasteiger partial charge in [0.05, 0.1) is 39.5 Å². The van der Waals surface area contributed by atoms with Gasteiger partial charge in [0.2, 0.25) is 0 Å². The maximum absolute atomic E-state index is 8.91. The van der Waals surface area contributed by atoms with Crippen molar-refractivity contribution in [2.24, 2.45) is 0 Å². The maximum Gasteiger partial charge on any atom is 0.0973 e. The quantitative estimate of drug-likeness (QED) is 0.112. The Morgan fingerprint density at radius 1 is 0.379 bits per heavy atom.